The van der Waals surface area contributed by atoms with E-state index in [1.165, 1.54) is 64.2 Å². The number of aliphatic hydroxyl groups is 2. The summed E-state index contributed by atoms with van der Waals surface area (Å²) in [7, 11) is 0. The quantitative estimate of drug-likeness (QED) is 0.178. The summed E-state index contributed by atoms with van der Waals surface area (Å²) in [5.74, 6) is 0. The normalized spacial score (nSPS) is 13.2. The molecule has 0 radical (unpaired) electrons. The molecule has 0 aliphatic carbocycles. The lowest BCUT2D eigenvalue weighted by Crippen LogP contribution is -2.06. The maximum absolute atomic E-state index is 9.89. The Morgan fingerprint density at radius 3 is 1.69 bits per heavy atom. The monoisotopic (exact) mass is 366 g/mol. The van der Waals surface area contributed by atoms with Gasteiger partial charge in [-0.1, -0.05) is 89.0 Å². The van der Waals surface area contributed by atoms with Gasteiger partial charge in [0.2, 0.25) is 0 Å². The molecule has 0 saturated carbocycles. The van der Waals surface area contributed by atoms with Crippen LogP contribution >= 0.6 is 0 Å². The Kier molecular flexibility index (Phi) is 21.9. The molecule has 154 valence electrons. The molecule has 0 heterocycles. The molecule has 2 nitrogen and oxygen atoms in total. The molecule has 0 aromatic carbocycles. The second kappa shape index (κ2) is 22.4. The summed E-state index contributed by atoms with van der Waals surface area (Å²) in [6, 6.07) is 0. The molecule has 0 rings (SSSR count). The minimum atomic E-state index is -0.125. The van der Waals surface area contributed by atoms with Crippen molar-refractivity contribution in [1.82, 2.24) is 0 Å². The predicted octanol–water partition coefficient (Wildman–Crippen LogP) is 7.10. The number of allylic oxidation sites excluding steroid dienone is 4. The van der Waals surface area contributed by atoms with Gasteiger partial charge in [0.1, 0.15) is 0 Å². The summed E-state index contributed by atoms with van der Waals surface area (Å²) >= 11 is 0. The SMILES string of the molecule is CCCCCC=CCC=CCCCCCCCCC(O)CCCCCO. The molecule has 0 aromatic rings. The van der Waals surface area contributed by atoms with Crippen molar-refractivity contribution in [3.8, 4) is 0 Å². The molecule has 0 aliphatic rings. The van der Waals surface area contributed by atoms with Crippen molar-refractivity contribution in [1.29, 1.82) is 0 Å². The molecular weight excluding hydrogens is 320 g/mol. The second-order valence-corrected chi connectivity index (χ2v) is 7.60. The highest BCUT2D eigenvalue weighted by Gasteiger charge is 2.03. The molecule has 0 spiro atoms. The number of rotatable bonds is 20. The van der Waals surface area contributed by atoms with Gasteiger partial charge >= 0.3 is 0 Å². The third kappa shape index (κ3) is 21.4. The van der Waals surface area contributed by atoms with Crippen LogP contribution in [0.25, 0.3) is 0 Å². The van der Waals surface area contributed by atoms with Crippen LogP contribution in [0.3, 0.4) is 0 Å². The smallest absolute Gasteiger partial charge is 0.0540 e. The van der Waals surface area contributed by atoms with Crippen LogP contribution in [0.4, 0.5) is 0 Å². The average Bonchev–Trinajstić information content (AvgIpc) is 2.65. The van der Waals surface area contributed by atoms with E-state index in [9.17, 15) is 5.11 Å². The van der Waals surface area contributed by atoms with E-state index < -0.39 is 0 Å². The van der Waals surface area contributed by atoms with Crippen molar-refractivity contribution in [2.24, 2.45) is 0 Å². The fourth-order valence-corrected chi connectivity index (χ4v) is 3.18. The van der Waals surface area contributed by atoms with Crippen molar-refractivity contribution in [2.45, 2.75) is 122 Å². The molecule has 0 fully saturated rings. The summed E-state index contributed by atoms with van der Waals surface area (Å²) in [6.07, 6.45) is 29.2. The molecule has 26 heavy (non-hydrogen) atoms. The maximum atomic E-state index is 9.89. The third-order valence-electron chi connectivity index (χ3n) is 4.93. The van der Waals surface area contributed by atoms with Gasteiger partial charge in [0.15, 0.2) is 0 Å². The Hall–Kier alpha value is -0.600. The van der Waals surface area contributed by atoms with E-state index >= 15 is 0 Å². The van der Waals surface area contributed by atoms with Crippen LogP contribution in [0.2, 0.25) is 0 Å². The molecule has 1 unspecified atom stereocenters. The van der Waals surface area contributed by atoms with Crippen molar-refractivity contribution in [2.75, 3.05) is 6.61 Å². The lowest BCUT2D eigenvalue weighted by Gasteiger charge is -2.09. The molecule has 0 saturated heterocycles. The van der Waals surface area contributed by atoms with Gasteiger partial charge in [0.25, 0.3) is 0 Å². The maximum Gasteiger partial charge on any atom is 0.0540 e. The van der Waals surface area contributed by atoms with Crippen molar-refractivity contribution in [3.63, 3.8) is 0 Å². The van der Waals surface area contributed by atoms with Crippen LogP contribution in [-0.2, 0) is 0 Å². The summed E-state index contributed by atoms with van der Waals surface area (Å²) in [5, 5.41) is 18.6. The Labute approximate surface area is 163 Å². The van der Waals surface area contributed by atoms with E-state index in [1.54, 1.807) is 0 Å². The third-order valence-corrected chi connectivity index (χ3v) is 4.93. The van der Waals surface area contributed by atoms with Crippen molar-refractivity contribution >= 4 is 0 Å². The molecule has 0 bridgehead atoms. The van der Waals surface area contributed by atoms with Gasteiger partial charge in [-0.3, -0.25) is 0 Å². The molecule has 2 heteroatoms. The Morgan fingerprint density at radius 2 is 1.12 bits per heavy atom. The summed E-state index contributed by atoms with van der Waals surface area (Å²) in [4.78, 5) is 0. The lowest BCUT2D eigenvalue weighted by molar-refractivity contribution is 0.146. The lowest BCUT2D eigenvalue weighted by atomic mass is 10.0. The first-order chi connectivity index (χ1) is 12.8. The van der Waals surface area contributed by atoms with Crippen LogP contribution in [0.1, 0.15) is 116 Å². The standard InChI is InChI=1S/C24H46O2/c1-2-3-4-5-6-7-8-9-10-11-12-13-14-15-16-18-21-24(26)22-19-17-20-23-25/h6-7,9-10,24-26H,2-5,8,11-23H2,1H3. The zero-order valence-corrected chi connectivity index (χ0v) is 17.5. The minimum Gasteiger partial charge on any atom is -0.396 e. The predicted molar refractivity (Wildman–Crippen MR) is 116 cm³/mol. The number of hydrogen-bond acceptors (Lipinski definition) is 2. The topological polar surface area (TPSA) is 40.5 Å². The molecule has 0 aliphatic heterocycles. The summed E-state index contributed by atoms with van der Waals surface area (Å²) < 4.78 is 0. The average molecular weight is 367 g/mol. The Morgan fingerprint density at radius 1 is 0.615 bits per heavy atom. The summed E-state index contributed by atoms with van der Waals surface area (Å²) in [5.41, 5.74) is 0. The Balaban J connectivity index is 3.22. The van der Waals surface area contributed by atoms with E-state index in [0.717, 1.165) is 44.9 Å². The van der Waals surface area contributed by atoms with Crippen LogP contribution < -0.4 is 0 Å². The first kappa shape index (κ1) is 25.4. The van der Waals surface area contributed by atoms with Crippen LogP contribution in [0.15, 0.2) is 24.3 Å². The minimum absolute atomic E-state index is 0.125. The highest BCUT2D eigenvalue weighted by atomic mass is 16.3. The van der Waals surface area contributed by atoms with Gasteiger partial charge in [0, 0.05) is 6.61 Å². The van der Waals surface area contributed by atoms with Gasteiger partial charge in [-0.2, -0.15) is 0 Å². The Bertz CT molecular complexity index is 309. The zero-order chi connectivity index (χ0) is 19.1. The number of aliphatic hydroxyl groups excluding tert-OH is 2. The zero-order valence-electron chi connectivity index (χ0n) is 17.5. The van der Waals surface area contributed by atoms with Crippen molar-refractivity contribution < 1.29 is 10.2 Å². The van der Waals surface area contributed by atoms with E-state index in [2.05, 4.69) is 31.2 Å². The van der Waals surface area contributed by atoms with Gasteiger partial charge < -0.3 is 10.2 Å². The molecule has 2 N–H and O–H groups in total. The largest absolute Gasteiger partial charge is 0.396 e. The highest BCUT2D eigenvalue weighted by Crippen LogP contribution is 2.13. The number of hydrogen-bond donors (Lipinski definition) is 2. The second-order valence-electron chi connectivity index (χ2n) is 7.60. The van der Waals surface area contributed by atoms with Crippen LogP contribution in [-0.4, -0.2) is 22.9 Å². The van der Waals surface area contributed by atoms with E-state index in [1.807, 2.05) is 0 Å². The van der Waals surface area contributed by atoms with Crippen LogP contribution in [0.5, 0.6) is 0 Å². The highest BCUT2D eigenvalue weighted by molar-refractivity contribution is 4.92. The van der Waals surface area contributed by atoms with Crippen molar-refractivity contribution in [3.05, 3.63) is 24.3 Å². The van der Waals surface area contributed by atoms with Gasteiger partial charge in [0.05, 0.1) is 6.10 Å². The van der Waals surface area contributed by atoms with Gasteiger partial charge in [-0.15, -0.1) is 0 Å². The van der Waals surface area contributed by atoms with Gasteiger partial charge in [-0.05, 0) is 51.4 Å². The fraction of sp³-hybridized carbons (Fsp3) is 0.833. The van der Waals surface area contributed by atoms with E-state index in [-0.39, 0.29) is 12.7 Å². The first-order valence-electron chi connectivity index (χ1n) is 11.4. The summed E-state index contributed by atoms with van der Waals surface area (Å²) in [6.45, 7) is 2.53. The van der Waals surface area contributed by atoms with Crippen LogP contribution in [0, 0.1) is 0 Å². The molecule has 0 amide bonds. The van der Waals surface area contributed by atoms with E-state index in [4.69, 9.17) is 5.11 Å². The molecule has 0 aromatic heterocycles. The van der Waals surface area contributed by atoms with Gasteiger partial charge in [-0.25, -0.2) is 0 Å². The number of unbranched alkanes of at least 4 members (excludes halogenated alkanes) is 11. The molecular formula is C24H46O2. The molecule has 1 atom stereocenters. The fourth-order valence-electron chi connectivity index (χ4n) is 3.18. The first-order valence-corrected chi connectivity index (χ1v) is 11.4. The van der Waals surface area contributed by atoms with E-state index in [0.29, 0.717) is 0 Å².